The Labute approximate surface area is 113 Å². The molecule has 0 aliphatic heterocycles. The molecule has 1 aromatic carbocycles. The zero-order valence-electron chi connectivity index (χ0n) is 11.3. The van der Waals surface area contributed by atoms with Crippen LogP contribution in [-0.2, 0) is 16.0 Å². The fraction of sp³-hybridized carbons (Fsp3) is 0.500. The van der Waals surface area contributed by atoms with Gasteiger partial charge in [0.15, 0.2) is 0 Å². The van der Waals surface area contributed by atoms with E-state index >= 15 is 0 Å². The van der Waals surface area contributed by atoms with Crippen molar-refractivity contribution >= 4 is 17.6 Å². The molecule has 0 amide bonds. The molecule has 0 unspecified atom stereocenters. The maximum absolute atomic E-state index is 11.1. The first-order valence-electron chi connectivity index (χ1n) is 5.90. The van der Waals surface area contributed by atoms with Gasteiger partial charge in [-0.15, -0.1) is 0 Å². The average Bonchev–Trinajstić information content (AvgIpc) is 2.37. The van der Waals surface area contributed by atoms with Crippen LogP contribution in [0.2, 0.25) is 5.02 Å². The highest BCUT2D eigenvalue weighted by Gasteiger charge is 2.13. The van der Waals surface area contributed by atoms with Gasteiger partial charge in [-0.2, -0.15) is 0 Å². The van der Waals surface area contributed by atoms with Gasteiger partial charge < -0.3 is 9.47 Å². The Kier molecular flexibility index (Phi) is 5.48. The standard InChI is InChI=1S/C14H19ClO3/c1-9-8-12(17-3)11(10(2)14(9)15)6-5-7-13(16)18-4/h8H,5-7H2,1-4H3. The quantitative estimate of drug-likeness (QED) is 0.769. The molecule has 0 aliphatic rings. The van der Waals surface area contributed by atoms with Gasteiger partial charge in [-0.3, -0.25) is 4.79 Å². The van der Waals surface area contributed by atoms with Crippen LogP contribution in [0.25, 0.3) is 0 Å². The van der Waals surface area contributed by atoms with E-state index in [0.717, 1.165) is 40.3 Å². The van der Waals surface area contributed by atoms with E-state index in [4.69, 9.17) is 16.3 Å². The largest absolute Gasteiger partial charge is 0.496 e. The second-order valence-corrected chi connectivity index (χ2v) is 4.62. The minimum atomic E-state index is -0.190. The zero-order chi connectivity index (χ0) is 13.7. The van der Waals surface area contributed by atoms with Crippen LogP contribution >= 0.6 is 11.6 Å². The summed E-state index contributed by atoms with van der Waals surface area (Å²) in [5.41, 5.74) is 3.10. The van der Waals surface area contributed by atoms with E-state index in [1.807, 2.05) is 19.9 Å². The molecule has 3 nitrogen and oxygen atoms in total. The Hall–Kier alpha value is -1.22. The summed E-state index contributed by atoms with van der Waals surface area (Å²) in [6.07, 6.45) is 1.89. The zero-order valence-corrected chi connectivity index (χ0v) is 12.1. The van der Waals surface area contributed by atoms with Crippen LogP contribution in [0.4, 0.5) is 0 Å². The molecule has 0 heterocycles. The first-order valence-corrected chi connectivity index (χ1v) is 6.28. The second kappa shape index (κ2) is 6.64. The predicted molar refractivity (Wildman–Crippen MR) is 72.4 cm³/mol. The summed E-state index contributed by atoms with van der Waals surface area (Å²) in [4.78, 5) is 11.1. The normalized spacial score (nSPS) is 10.3. The van der Waals surface area contributed by atoms with Gasteiger partial charge in [-0.25, -0.2) is 0 Å². The molecule has 4 heteroatoms. The molecule has 0 aliphatic carbocycles. The molecule has 18 heavy (non-hydrogen) atoms. The van der Waals surface area contributed by atoms with Crippen molar-refractivity contribution in [2.45, 2.75) is 33.1 Å². The van der Waals surface area contributed by atoms with E-state index in [1.165, 1.54) is 7.11 Å². The number of aryl methyl sites for hydroxylation is 1. The van der Waals surface area contributed by atoms with E-state index < -0.39 is 0 Å². The van der Waals surface area contributed by atoms with Crippen molar-refractivity contribution in [2.75, 3.05) is 14.2 Å². The lowest BCUT2D eigenvalue weighted by Crippen LogP contribution is -2.03. The van der Waals surface area contributed by atoms with Crippen molar-refractivity contribution in [3.63, 3.8) is 0 Å². The SMILES string of the molecule is COC(=O)CCCc1c(OC)cc(C)c(Cl)c1C. The van der Waals surface area contributed by atoms with Crippen molar-refractivity contribution in [3.05, 3.63) is 27.8 Å². The number of hydrogen-bond acceptors (Lipinski definition) is 3. The Balaban J connectivity index is 2.87. The molecule has 0 saturated carbocycles. The molecule has 0 N–H and O–H groups in total. The van der Waals surface area contributed by atoms with Gasteiger partial charge in [-0.1, -0.05) is 11.6 Å². The Morgan fingerprint density at radius 1 is 1.33 bits per heavy atom. The fourth-order valence-corrected chi connectivity index (χ4v) is 2.13. The molecule has 0 saturated heterocycles. The molecule has 1 aromatic rings. The van der Waals surface area contributed by atoms with Gasteiger partial charge in [-0.05, 0) is 49.4 Å². The average molecular weight is 271 g/mol. The fourth-order valence-electron chi connectivity index (χ4n) is 1.96. The van der Waals surface area contributed by atoms with Gasteiger partial charge in [0.1, 0.15) is 5.75 Å². The van der Waals surface area contributed by atoms with Crippen molar-refractivity contribution in [3.8, 4) is 5.75 Å². The third kappa shape index (κ3) is 3.39. The summed E-state index contributed by atoms with van der Waals surface area (Å²) in [6, 6.07) is 1.93. The first kappa shape index (κ1) is 14.8. The number of benzene rings is 1. The summed E-state index contributed by atoms with van der Waals surface area (Å²) < 4.78 is 9.99. The Morgan fingerprint density at radius 3 is 2.56 bits per heavy atom. The lowest BCUT2D eigenvalue weighted by molar-refractivity contribution is -0.140. The molecule has 0 atom stereocenters. The van der Waals surface area contributed by atoms with Crippen LogP contribution in [0.3, 0.4) is 0 Å². The highest BCUT2D eigenvalue weighted by Crippen LogP contribution is 2.32. The highest BCUT2D eigenvalue weighted by molar-refractivity contribution is 6.32. The Bertz CT molecular complexity index is 441. The number of esters is 1. The van der Waals surface area contributed by atoms with Crippen LogP contribution in [0.5, 0.6) is 5.75 Å². The van der Waals surface area contributed by atoms with E-state index in [2.05, 4.69) is 4.74 Å². The van der Waals surface area contributed by atoms with Crippen LogP contribution < -0.4 is 4.74 Å². The summed E-state index contributed by atoms with van der Waals surface area (Å²) in [6.45, 7) is 3.93. The number of carbonyl (C=O) groups is 1. The molecule has 100 valence electrons. The van der Waals surface area contributed by atoms with Crippen LogP contribution in [0.1, 0.15) is 29.5 Å². The lowest BCUT2D eigenvalue weighted by atomic mass is 9.99. The van der Waals surface area contributed by atoms with Crippen LogP contribution in [0.15, 0.2) is 6.07 Å². The van der Waals surface area contributed by atoms with Crippen molar-refractivity contribution < 1.29 is 14.3 Å². The topological polar surface area (TPSA) is 35.5 Å². The summed E-state index contributed by atoms with van der Waals surface area (Å²) in [7, 11) is 3.04. The number of ether oxygens (including phenoxy) is 2. The highest BCUT2D eigenvalue weighted by atomic mass is 35.5. The number of rotatable bonds is 5. The van der Waals surface area contributed by atoms with E-state index in [-0.39, 0.29) is 5.97 Å². The number of methoxy groups -OCH3 is 2. The van der Waals surface area contributed by atoms with Crippen LogP contribution in [-0.4, -0.2) is 20.2 Å². The molecule has 0 bridgehead atoms. The van der Waals surface area contributed by atoms with E-state index in [0.29, 0.717) is 6.42 Å². The summed E-state index contributed by atoms with van der Waals surface area (Å²) >= 11 is 6.23. The molecule has 1 rings (SSSR count). The minimum absolute atomic E-state index is 0.190. The first-order chi connectivity index (χ1) is 8.51. The smallest absolute Gasteiger partial charge is 0.305 e. The lowest BCUT2D eigenvalue weighted by Gasteiger charge is -2.14. The molecule has 0 aromatic heterocycles. The van der Waals surface area contributed by atoms with Gasteiger partial charge in [0.2, 0.25) is 0 Å². The Morgan fingerprint density at radius 2 is 2.00 bits per heavy atom. The molecule has 0 radical (unpaired) electrons. The van der Waals surface area contributed by atoms with E-state index in [9.17, 15) is 4.79 Å². The minimum Gasteiger partial charge on any atom is -0.496 e. The molecule has 0 fully saturated rings. The number of carbonyl (C=O) groups excluding carboxylic acids is 1. The van der Waals surface area contributed by atoms with Gasteiger partial charge in [0, 0.05) is 11.4 Å². The maximum atomic E-state index is 11.1. The van der Waals surface area contributed by atoms with Gasteiger partial charge in [0.05, 0.1) is 14.2 Å². The van der Waals surface area contributed by atoms with Gasteiger partial charge >= 0.3 is 5.97 Å². The number of halogens is 1. The second-order valence-electron chi connectivity index (χ2n) is 4.24. The van der Waals surface area contributed by atoms with E-state index in [1.54, 1.807) is 7.11 Å². The summed E-state index contributed by atoms with van der Waals surface area (Å²) in [5.74, 6) is 0.643. The number of hydrogen-bond donors (Lipinski definition) is 0. The predicted octanol–water partition coefficient (Wildman–Crippen LogP) is 3.46. The molecule has 0 spiro atoms. The van der Waals surface area contributed by atoms with Crippen molar-refractivity contribution in [1.82, 2.24) is 0 Å². The maximum Gasteiger partial charge on any atom is 0.305 e. The van der Waals surface area contributed by atoms with Crippen LogP contribution in [0, 0.1) is 13.8 Å². The summed E-state index contributed by atoms with van der Waals surface area (Å²) in [5, 5.41) is 0.767. The molecular formula is C14H19ClO3. The molecular weight excluding hydrogens is 252 g/mol. The van der Waals surface area contributed by atoms with Crippen molar-refractivity contribution in [2.24, 2.45) is 0 Å². The monoisotopic (exact) mass is 270 g/mol. The van der Waals surface area contributed by atoms with Gasteiger partial charge in [0.25, 0.3) is 0 Å². The third-order valence-electron chi connectivity index (χ3n) is 3.03. The third-order valence-corrected chi connectivity index (χ3v) is 3.61. The van der Waals surface area contributed by atoms with Crippen molar-refractivity contribution in [1.29, 1.82) is 0 Å².